The average Bonchev–Trinajstić information content (AvgIpc) is 3.15. The highest BCUT2D eigenvalue weighted by atomic mass is 16.6. The Labute approximate surface area is 170 Å². The van der Waals surface area contributed by atoms with Crippen LogP contribution in [0.3, 0.4) is 0 Å². The van der Waals surface area contributed by atoms with Gasteiger partial charge in [-0.15, -0.1) is 0 Å². The molecule has 2 aromatic carbocycles. The fourth-order valence-corrected chi connectivity index (χ4v) is 3.69. The fraction of sp³-hybridized carbons (Fsp3) is 0.364. The van der Waals surface area contributed by atoms with Crippen LogP contribution in [0.15, 0.2) is 54.6 Å². The van der Waals surface area contributed by atoms with Crippen molar-refractivity contribution in [2.45, 2.75) is 18.7 Å². The fourth-order valence-electron chi connectivity index (χ4n) is 3.69. The van der Waals surface area contributed by atoms with E-state index in [1.165, 1.54) is 5.56 Å². The smallest absolute Gasteiger partial charge is 0.414 e. The Morgan fingerprint density at radius 3 is 2.59 bits per heavy atom. The summed E-state index contributed by atoms with van der Waals surface area (Å²) in [6.45, 7) is 3.52. The van der Waals surface area contributed by atoms with Gasteiger partial charge in [0.25, 0.3) is 0 Å². The molecule has 4 rings (SSSR count). The van der Waals surface area contributed by atoms with Gasteiger partial charge in [0.2, 0.25) is 0 Å². The summed E-state index contributed by atoms with van der Waals surface area (Å²) in [5.74, 6) is 0. The molecule has 0 spiro atoms. The summed E-state index contributed by atoms with van der Waals surface area (Å²) in [7, 11) is 0. The quantitative estimate of drug-likeness (QED) is 0.725. The van der Waals surface area contributed by atoms with Crippen molar-refractivity contribution in [3.63, 3.8) is 0 Å². The number of ether oxygens (including phenoxy) is 2. The zero-order chi connectivity index (χ0) is 20.1. The number of hydrogen-bond acceptors (Lipinski definition) is 6. The molecule has 0 aromatic heterocycles. The lowest BCUT2D eigenvalue weighted by atomic mass is 10.2. The molecule has 2 aliphatic rings. The van der Waals surface area contributed by atoms with Crippen LogP contribution in [0.5, 0.6) is 0 Å². The van der Waals surface area contributed by atoms with E-state index < -0.39 is 0 Å². The highest BCUT2D eigenvalue weighted by Gasteiger charge is 2.32. The third kappa shape index (κ3) is 4.58. The normalized spacial score (nSPS) is 21.9. The van der Waals surface area contributed by atoms with Crippen LogP contribution in [-0.4, -0.2) is 57.4 Å². The minimum Gasteiger partial charge on any atom is -0.443 e. The molecule has 2 fully saturated rings. The number of nitrogens with one attached hydrogen (secondary N) is 1. The van der Waals surface area contributed by atoms with Gasteiger partial charge in [0, 0.05) is 31.0 Å². The molecule has 1 N–H and O–H groups in total. The number of benzene rings is 2. The summed E-state index contributed by atoms with van der Waals surface area (Å²) < 4.78 is 10.9. The summed E-state index contributed by atoms with van der Waals surface area (Å²) in [5, 5.41) is 3.34. The van der Waals surface area contributed by atoms with E-state index in [2.05, 4.69) is 17.4 Å². The molecule has 0 aliphatic carbocycles. The second-order valence-corrected chi connectivity index (χ2v) is 7.22. The van der Waals surface area contributed by atoms with E-state index in [4.69, 9.17) is 9.47 Å². The van der Waals surface area contributed by atoms with E-state index in [0.29, 0.717) is 32.8 Å². The number of rotatable bonds is 7. The van der Waals surface area contributed by atoms with E-state index in [9.17, 15) is 9.59 Å². The van der Waals surface area contributed by atoms with Crippen LogP contribution in [0.25, 0.3) is 0 Å². The van der Waals surface area contributed by atoms with Crippen molar-refractivity contribution in [3.05, 3.63) is 60.2 Å². The number of aldehydes is 1. The lowest BCUT2D eigenvalue weighted by Crippen LogP contribution is -2.46. The molecule has 2 aliphatic heterocycles. The molecule has 0 bridgehead atoms. The Morgan fingerprint density at radius 1 is 1.07 bits per heavy atom. The molecule has 29 heavy (non-hydrogen) atoms. The van der Waals surface area contributed by atoms with Crippen LogP contribution in [0.2, 0.25) is 0 Å². The third-order valence-corrected chi connectivity index (χ3v) is 5.23. The van der Waals surface area contributed by atoms with Gasteiger partial charge in [-0.05, 0) is 29.8 Å². The van der Waals surface area contributed by atoms with E-state index in [1.54, 1.807) is 4.90 Å². The minimum absolute atomic E-state index is 0.190. The van der Waals surface area contributed by atoms with Gasteiger partial charge in [-0.1, -0.05) is 30.3 Å². The van der Waals surface area contributed by atoms with E-state index >= 15 is 0 Å². The second-order valence-electron chi connectivity index (χ2n) is 7.22. The van der Waals surface area contributed by atoms with Gasteiger partial charge in [-0.2, -0.15) is 0 Å². The highest BCUT2D eigenvalue weighted by molar-refractivity contribution is 5.90. The van der Waals surface area contributed by atoms with Gasteiger partial charge in [0.05, 0.1) is 19.8 Å². The van der Waals surface area contributed by atoms with Crippen LogP contribution in [-0.2, 0) is 20.8 Å². The van der Waals surface area contributed by atoms with Gasteiger partial charge in [-0.25, -0.2) is 4.79 Å². The number of carbonyl (C=O) groups excluding carboxylic acids is 2. The Kier molecular flexibility index (Phi) is 6.07. The number of amides is 1. The predicted molar refractivity (Wildman–Crippen MR) is 110 cm³/mol. The number of morpholine rings is 1. The summed E-state index contributed by atoms with van der Waals surface area (Å²) >= 11 is 0. The van der Waals surface area contributed by atoms with Crippen LogP contribution in [0.1, 0.15) is 5.56 Å². The summed E-state index contributed by atoms with van der Waals surface area (Å²) in [6, 6.07) is 17.5. The molecule has 2 atom stereocenters. The van der Waals surface area contributed by atoms with Crippen molar-refractivity contribution in [3.8, 4) is 0 Å². The largest absolute Gasteiger partial charge is 0.443 e. The Morgan fingerprint density at radius 2 is 1.83 bits per heavy atom. The number of carbonyl (C=O) groups is 2. The summed E-state index contributed by atoms with van der Waals surface area (Å²) in [6.07, 6.45) is 0.392. The number of cyclic esters (lactones) is 1. The van der Waals surface area contributed by atoms with Crippen molar-refractivity contribution in [2.75, 3.05) is 42.6 Å². The van der Waals surface area contributed by atoms with E-state index in [1.807, 2.05) is 47.4 Å². The molecule has 7 heteroatoms. The molecular formula is C22H25N3O4. The molecular weight excluding hydrogens is 370 g/mol. The lowest BCUT2D eigenvalue weighted by molar-refractivity contribution is -0.111. The van der Waals surface area contributed by atoms with Crippen LogP contribution in [0.4, 0.5) is 16.2 Å². The standard InChI is InChI=1S/C22H25N3O4/c26-15-20-16-28-11-10-24(20)18-6-8-19(9-7-18)25-14-21(29-22(25)27)13-23-12-17-4-2-1-3-5-17/h1-9,15,20-21,23H,10-14,16H2. The topological polar surface area (TPSA) is 71.1 Å². The van der Waals surface area contributed by atoms with Crippen LogP contribution >= 0.6 is 0 Å². The monoisotopic (exact) mass is 395 g/mol. The maximum absolute atomic E-state index is 12.3. The van der Waals surface area contributed by atoms with Gasteiger partial charge in [0.15, 0.2) is 0 Å². The zero-order valence-corrected chi connectivity index (χ0v) is 16.2. The van der Waals surface area contributed by atoms with Crippen LogP contribution < -0.4 is 15.1 Å². The van der Waals surface area contributed by atoms with Gasteiger partial charge >= 0.3 is 6.09 Å². The first kappa shape index (κ1) is 19.4. The molecule has 0 saturated carbocycles. The molecule has 2 aromatic rings. The Bertz CT molecular complexity index is 828. The molecule has 7 nitrogen and oxygen atoms in total. The maximum Gasteiger partial charge on any atom is 0.414 e. The average molecular weight is 395 g/mol. The maximum atomic E-state index is 12.3. The van der Waals surface area contributed by atoms with Crippen molar-refractivity contribution in [2.24, 2.45) is 0 Å². The summed E-state index contributed by atoms with van der Waals surface area (Å²) in [4.78, 5) is 27.3. The number of nitrogens with zero attached hydrogens (tertiary/aromatic N) is 2. The molecule has 0 radical (unpaired) electrons. The third-order valence-electron chi connectivity index (χ3n) is 5.23. The Hall–Kier alpha value is -2.90. The molecule has 2 unspecified atom stereocenters. The van der Waals surface area contributed by atoms with E-state index in [0.717, 1.165) is 24.2 Å². The molecule has 2 heterocycles. The Balaban J connectivity index is 1.33. The van der Waals surface area contributed by atoms with Gasteiger partial charge in [0.1, 0.15) is 18.4 Å². The van der Waals surface area contributed by atoms with E-state index in [-0.39, 0.29) is 18.2 Å². The van der Waals surface area contributed by atoms with Crippen molar-refractivity contribution in [1.82, 2.24) is 5.32 Å². The van der Waals surface area contributed by atoms with Crippen LogP contribution in [0, 0.1) is 0 Å². The van der Waals surface area contributed by atoms with Gasteiger partial charge < -0.3 is 24.5 Å². The van der Waals surface area contributed by atoms with Gasteiger partial charge in [-0.3, -0.25) is 4.90 Å². The lowest BCUT2D eigenvalue weighted by Gasteiger charge is -2.34. The molecule has 2 saturated heterocycles. The predicted octanol–water partition coefficient (Wildman–Crippen LogP) is 2.21. The molecule has 1 amide bonds. The zero-order valence-electron chi connectivity index (χ0n) is 16.2. The number of anilines is 2. The highest BCUT2D eigenvalue weighted by Crippen LogP contribution is 2.26. The molecule has 152 valence electrons. The first-order valence-electron chi connectivity index (χ1n) is 9.87. The number of hydrogen-bond donors (Lipinski definition) is 1. The van der Waals surface area contributed by atoms with Crippen molar-refractivity contribution < 1.29 is 19.1 Å². The second kappa shape index (κ2) is 9.07. The van der Waals surface area contributed by atoms with Crippen molar-refractivity contribution >= 4 is 23.8 Å². The minimum atomic E-state index is -0.332. The first-order chi connectivity index (χ1) is 14.2. The first-order valence-corrected chi connectivity index (χ1v) is 9.87. The SMILES string of the molecule is O=CC1COCCN1c1ccc(N2CC(CNCc3ccccc3)OC2=O)cc1. The van der Waals surface area contributed by atoms with Crippen molar-refractivity contribution in [1.29, 1.82) is 0 Å². The summed E-state index contributed by atoms with van der Waals surface area (Å²) in [5.41, 5.74) is 2.93.